The van der Waals surface area contributed by atoms with Crippen molar-refractivity contribution in [3.8, 4) is 0 Å². The molecule has 0 radical (unpaired) electrons. The van der Waals surface area contributed by atoms with E-state index >= 15 is 0 Å². The number of carbonyl (C=O) groups excluding carboxylic acids is 1. The number of aromatic amines is 1. The second kappa shape index (κ2) is 5.80. The highest BCUT2D eigenvalue weighted by Gasteiger charge is 2.26. The minimum atomic E-state index is -0.0223. The van der Waals surface area contributed by atoms with Crippen LogP contribution in [0.4, 0.5) is 5.82 Å². The van der Waals surface area contributed by atoms with Gasteiger partial charge in [0.1, 0.15) is 11.5 Å². The monoisotopic (exact) mass is 279 g/mol. The summed E-state index contributed by atoms with van der Waals surface area (Å²) in [6.45, 7) is 5.16. The first-order chi connectivity index (χ1) is 9.72. The summed E-state index contributed by atoms with van der Waals surface area (Å²) >= 11 is 0. The van der Waals surface area contributed by atoms with Crippen LogP contribution in [-0.2, 0) is 4.74 Å². The molecule has 7 nitrogen and oxygen atoms in total. The molecule has 3 heterocycles. The molecule has 7 heteroatoms. The van der Waals surface area contributed by atoms with Gasteiger partial charge in [-0.15, -0.1) is 0 Å². The molecule has 2 aliphatic rings. The zero-order valence-corrected chi connectivity index (χ0v) is 11.5. The van der Waals surface area contributed by atoms with Gasteiger partial charge in [-0.3, -0.25) is 14.8 Å². The molecule has 0 spiro atoms. The smallest absolute Gasteiger partial charge is 0.272 e. The molecule has 3 rings (SSSR count). The number of nitrogen functional groups attached to an aromatic ring is 1. The second-order valence-electron chi connectivity index (χ2n) is 5.43. The number of nitrogens with one attached hydrogen (secondary N) is 1. The van der Waals surface area contributed by atoms with Crippen molar-refractivity contribution >= 4 is 11.7 Å². The van der Waals surface area contributed by atoms with Crippen molar-refractivity contribution in [2.24, 2.45) is 0 Å². The van der Waals surface area contributed by atoms with E-state index in [1.54, 1.807) is 6.07 Å². The van der Waals surface area contributed by atoms with Crippen LogP contribution in [0.1, 0.15) is 23.3 Å². The fraction of sp³-hybridized carbons (Fsp3) is 0.692. The highest BCUT2D eigenvalue weighted by atomic mass is 16.5. The lowest BCUT2D eigenvalue weighted by molar-refractivity contribution is 0.0430. The number of H-pyrrole nitrogens is 1. The number of nitrogens with two attached hydrogens (primary N) is 1. The molecule has 2 fully saturated rings. The summed E-state index contributed by atoms with van der Waals surface area (Å²) in [6, 6.07) is 1.58. The number of anilines is 1. The number of aromatic nitrogens is 2. The third kappa shape index (κ3) is 2.94. The molecule has 0 aliphatic carbocycles. The summed E-state index contributed by atoms with van der Waals surface area (Å²) in [7, 11) is 0. The fourth-order valence-corrected chi connectivity index (χ4v) is 2.83. The van der Waals surface area contributed by atoms with Crippen LogP contribution in [0.3, 0.4) is 0 Å². The Morgan fingerprint density at radius 2 is 2.25 bits per heavy atom. The van der Waals surface area contributed by atoms with Gasteiger partial charge in [-0.1, -0.05) is 0 Å². The van der Waals surface area contributed by atoms with Crippen molar-refractivity contribution in [1.29, 1.82) is 0 Å². The Morgan fingerprint density at radius 1 is 1.45 bits per heavy atom. The van der Waals surface area contributed by atoms with E-state index in [4.69, 9.17) is 10.5 Å². The molecule has 110 valence electrons. The van der Waals surface area contributed by atoms with E-state index in [1.165, 1.54) is 6.42 Å². The molecule has 2 aliphatic heterocycles. The van der Waals surface area contributed by atoms with E-state index in [1.807, 2.05) is 4.90 Å². The Kier molecular flexibility index (Phi) is 3.88. The Balaban J connectivity index is 1.49. The molecule has 1 atom stereocenters. The third-order valence-electron chi connectivity index (χ3n) is 3.97. The Morgan fingerprint density at radius 3 is 2.85 bits per heavy atom. The molecular weight excluding hydrogens is 258 g/mol. The number of carbonyl (C=O) groups is 1. The number of nitrogens with zero attached hydrogens (tertiary/aromatic N) is 3. The molecule has 0 saturated carbocycles. The van der Waals surface area contributed by atoms with Crippen LogP contribution in [0.5, 0.6) is 0 Å². The molecule has 0 bridgehead atoms. The number of amides is 1. The second-order valence-corrected chi connectivity index (χ2v) is 5.43. The molecule has 1 unspecified atom stereocenters. The first-order valence-corrected chi connectivity index (χ1v) is 7.16. The summed E-state index contributed by atoms with van der Waals surface area (Å²) in [5.74, 6) is 0.330. The van der Waals surface area contributed by atoms with Gasteiger partial charge in [-0.05, 0) is 12.8 Å². The molecule has 20 heavy (non-hydrogen) atoms. The van der Waals surface area contributed by atoms with Crippen LogP contribution in [0.15, 0.2) is 6.07 Å². The van der Waals surface area contributed by atoms with Gasteiger partial charge in [0.25, 0.3) is 5.91 Å². The average molecular weight is 279 g/mol. The first-order valence-electron chi connectivity index (χ1n) is 7.16. The number of ether oxygens (including phenoxy) is 1. The number of rotatable bonds is 3. The highest BCUT2D eigenvalue weighted by molar-refractivity contribution is 5.93. The molecule has 2 saturated heterocycles. The SMILES string of the molecule is Nc1cc(C(=O)N2CCN(CC3CCCO3)CC2)[nH]n1. The number of hydrogen-bond donors (Lipinski definition) is 2. The van der Waals surface area contributed by atoms with Gasteiger partial charge in [0.05, 0.1) is 6.10 Å². The van der Waals surface area contributed by atoms with Crippen LogP contribution in [0.2, 0.25) is 0 Å². The van der Waals surface area contributed by atoms with Gasteiger partial charge in [0, 0.05) is 45.4 Å². The van der Waals surface area contributed by atoms with Crippen molar-refractivity contribution in [1.82, 2.24) is 20.0 Å². The maximum absolute atomic E-state index is 12.2. The zero-order valence-electron chi connectivity index (χ0n) is 11.5. The fourth-order valence-electron chi connectivity index (χ4n) is 2.83. The van der Waals surface area contributed by atoms with Gasteiger partial charge in [0.2, 0.25) is 0 Å². The molecule has 3 N–H and O–H groups in total. The summed E-state index contributed by atoms with van der Waals surface area (Å²) in [4.78, 5) is 16.4. The quantitative estimate of drug-likeness (QED) is 0.808. The lowest BCUT2D eigenvalue weighted by Gasteiger charge is -2.35. The Labute approximate surface area is 118 Å². The van der Waals surface area contributed by atoms with Crippen molar-refractivity contribution < 1.29 is 9.53 Å². The normalized spacial score (nSPS) is 24.2. The topological polar surface area (TPSA) is 87.5 Å². The van der Waals surface area contributed by atoms with Crippen LogP contribution in [-0.4, -0.2) is 71.3 Å². The zero-order chi connectivity index (χ0) is 13.9. The highest BCUT2D eigenvalue weighted by Crippen LogP contribution is 2.15. The molecule has 0 aromatic carbocycles. The summed E-state index contributed by atoms with van der Waals surface area (Å²) in [5, 5.41) is 6.47. The van der Waals surface area contributed by atoms with Crippen LogP contribution >= 0.6 is 0 Å². The van der Waals surface area contributed by atoms with Crippen LogP contribution < -0.4 is 5.73 Å². The van der Waals surface area contributed by atoms with E-state index in [0.717, 1.165) is 45.8 Å². The van der Waals surface area contributed by atoms with Gasteiger partial charge in [0.15, 0.2) is 0 Å². The minimum Gasteiger partial charge on any atom is -0.382 e. The standard InChI is InChI=1S/C13H21N5O2/c14-12-8-11(15-16-12)13(19)18-5-3-17(4-6-18)9-10-2-1-7-20-10/h8,10H,1-7,9H2,(H3,14,15,16). The Hall–Kier alpha value is -1.60. The summed E-state index contributed by atoms with van der Waals surface area (Å²) < 4.78 is 5.65. The molecule has 1 aromatic rings. The largest absolute Gasteiger partial charge is 0.382 e. The van der Waals surface area contributed by atoms with E-state index in [9.17, 15) is 4.79 Å². The first kappa shape index (κ1) is 13.4. The number of piperazine rings is 1. The van der Waals surface area contributed by atoms with Gasteiger partial charge >= 0.3 is 0 Å². The van der Waals surface area contributed by atoms with E-state index in [2.05, 4.69) is 15.1 Å². The van der Waals surface area contributed by atoms with E-state index in [0.29, 0.717) is 17.6 Å². The van der Waals surface area contributed by atoms with Crippen LogP contribution in [0, 0.1) is 0 Å². The van der Waals surface area contributed by atoms with Crippen molar-refractivity contribution in [2.75, 3.05) is 45.1 Å². The predicted molar refractivity (Wildman–Crippen MR) is 74.3 cm³/mol. The molecule has 1 aromatic heterocycles. The Bertz CT molecular complexity index is 461. The molecular formula is C13H21N5O2. The summed E-state index contributed by atoms with van der Waals surface area (Å²) in [5.41, 5.74) is 5.99. The lowest BCUT2D eigenvalue weighted by Crippen LogP contribution is -2.50. The maximum Gasteiger partial charge on any atom is 0.272 e. The van der Waals surface area contributed by atoms with Gasteiger partial charge in [-0.25, -0.2) is 0 Å². The van der Waals surface area contributed by atoms with Crippen LogP contribution in [0.25, 0.3) is 0 Å². The van der Waals surface area contributed by atoms with Crippen molar-refractivity contribution in [3.63, 3.8) is 0 Å². The van der Waals surface area contributed by atoms with E-state index < -0.39 is 0 Å². The third-order valence-corrected chi connectivity index (χ3v) is 3.97. The maximum atomic E-state index is 12.2. The van der Waals surface area contributed by atoms with E-state index in [-0.39, 0.29) is 5.91 Å². The molecule has 1 amide bonds. The minimum absolute atomic E-state index is 0.0223. The number of hydrogen-bond acceptors (Lipinski definition) is 5. The van der Waals surface area contributed by atoms with Gasteiger partial charge in [-0.2, -0.15) is 5.10 Å². The lowest BCUT2D eigenvalue weighted by atomic mass is 10.2. The average Bonchev–Trinajstić information content (AvgIpc) is 3.10. The summed E-state index contributed by atoms with van der Waals surface area (Å²) in [6.07, 6.45) is 2.71. The van der Waals surface area contributed by atoms with Crippen molar-refractivity contribution in [2.45, 2.75) is 18.9 Å². The predicted octanol–water partition coefficient (Wildman–Crippen LogP) is -0.0713. The van der Waals surface area contributed by atoms with Gasteiger partial charge < -0.3 is 15.4 Å². The van der Waals surface area contributed by atoms with Crippen molar-refractivity contribution in [3.05, 3.63) is 11.8 Å².